The summed E-state index contributed by atoms with van der Waals surface area (Å²) >= 11 is 0. The average Bonchev–Trinajstić information content (AvgIpc) is 3.17. The van der Waals surface area contributed by atoms with Crippen LogP contribution in [0.1, 0.15) is 168 Å². The maximum Gasteiger partial charge on any atom is 0.472 e. The lowest BCUT2D eigenvalue weighted by atomic mass is 10.1. The van der Waals surface area contributed by atoms with E-state index in [4.69, 9.17) is 19.1 Å². The Bertz CT molecular complexity index is 1100. The van der Waals surface area contributed by atoms with Crippen LogP contribution in [0.5, 0.6) is 0 Å². The number of esters is 2. The minimum atomic E-state index is -4.63. The molecule has 318 valence electrons. The fourth-order valence-electron chi connectivity index (χ4n) is 5.33. The lowest BCUT2D eigenvalue weighted by molar-refractivity contribution is -0.161. The van der Waals surface area contributed by atoms with Gasteiger partial charge >= 0.3 is 19.8 Å². The molecule has 0 rings (SSSR count). The lowest BCUT2D eigenvalue weighted by Gasteiger charge is -2.20. The topological polar surface area (TPSA) is 149 Å². The van der Waals surface area contributed by atoms with E-state index >= 15 is 0 Å². The van der Waals surface area contributed by atoms with Crippen LogP contribution in [0.3, 0.4) is 0 Å². The van der Waals surface area contributed by atoms with E-state index < -0.39 is 51.8 Å². The molecule has 0 radical (unpaired) electrons. The minimum Gasteiger partial charge on any atom is -0.462 e. The van der Waals surface area contributed by atoms with Gasteiger partial charge in [0.2, 0.25) is 0 Å². The predicted octanol–water partition coefficient (Wildman–Crippen LogP) is 11.1. The van der Waals surface area contributed by atoms with Crippen molar-refractivity contribution in [3.8, 4) is 0 Å². The van der Waals surface area contributed by atoms with E-state index in [1.54, 1.807) is 0 Å². The quantitative estimate of drug-likeness (QED) is 0.0237. The van der Waals surface area contributed by atoms with E-state index in [-0.39, 0.29) is 19.4 Å². The van der Waals surface area contributed by atoms with Crippen molar-refractivity contribution in [2.24, 2.45) is 0 Å². The first-order valence-electron chi connectivity index (χ1n) is 21.2. The molecule has 0 saturated carbocycles. The van der Waals surface area contributed by atoms with Crippen LogP contribution in [-0.4, -0.2) is 65.7 Å². The van der Waals surface area contributed by atoms with Crippen LogP contribution < -0.4 is 0 Å². The van der Waals surface area contributed by atoms with Crippen molar-refractivity contribution in [2.75, 3.05) is 26.4 Å². The molecule has 0 bridgehead atoms. The number of ether oxygens (including phenoxy) is 2. The molecule has 10 nitrogen and oxygen atoms in total. The Kier molecular flexibility index (Phi) is 38.2. The van der Waals surface area contributed by atoms with Gasteiger partial charge in [0.15, 0.2) is 6.10 Å². The Labute approximate surface area is 334 Å². The molecular formula is C44H77O10P. The summed E-state index contributed by atoms with van der Waals surface area (Å²) in [4.78, 5) is 34.9. The van der Waals surface area contributed by atoms with Gasteiger partial charge < -0.3 is 24.6 Å². The number of phosphoric ester groups is 1. The van der Waals surface area contributed by atoms with E-state index in [0.29, 0.717) is 19.3 Å². The molecule has 0 spiro atoms. The van der Waals surface area contributed by atoms with Crippen molar-refractivity contribution >= 4 is 19.8 Å². The monoisotopic (exact) mass is 797 g/mol. The van der Waals surface area contributed by atoms with Crippen molar-refractivity contribution in [3.05, 3.63) is 60.8 Å². The van der Waals surface area contributed by atoms with E-state index in [9.17, 15) is 24.2 Å². The van der Waals surface area contributed by atoms with Crippen molar-refractivity contribution in [2.45, 2.75) is 180 Å². The van der Waals surface area contributed by atoms with Gasteiger partial charge in [-0.2, -0.15) is 0 Å². The Hall–Kier alpha value is -2.33. The fraction of sp³-hybridized carbons (Fsp3) is 0.727. The van der Waals surface area contributed by atoms with Crippen molar-refractivity contribution in [3.63, 3.8) is 0 Å². The third kappa shape index (κ3) is 39.7. The smallest absolute Gasteiger partial charge is 0.462 e. The van der Waals surface area contributed by atoms with Crippen LogP contribution in [0.15, 0.2) is 60.8 Å². The molecule has 55 heavy (non-hydrogen) atoms. The molecule has 0 fully saturated rings. The molecule has 0 aromatic rings. The summed E-state index contributed by atoms with van der Waals surface area (Å²) in [7, 11) is -4.63. The molecule has 0 saturated heterocycles. The standard InChI is InChI=1S/C44H77O10P/c1-3-5-7-9-11-13-15-17-19-20-22-24-26-28-30-32-34-36-44(48)54-42(40-53-55(49,50)52-38-41(46)37-45)39-51-43(47)35-33-31-29-27-25-23-21-18-16-14-12-10-8-6-4-2/h12,14,17-19,21-22,24,28,30,41-42,45-46H,3-11,13,15-16,20,23,25-27,29,31-40H2,1-2H3,(H,49,50). The van der Waals surface area contributed by atoms with E-state index in [2.05, 4.69) is 73.1 Å². The van der Waals surface area contributed by atoms with Gasteiger partial charge in [-0.25, -0.2) is 4.57 Å². The third-order valence-electron chi connectivity index (χ3n) is 8.64. The van der Waals surface area contributed by atoms with Gasteiger partial charge in [-0.15, -0.1) is 0 Å². The Morgan fingerprint density at radius 1 is 0.545 bits per heavy atom. The maximum absolute atomic E-state index is 12.6. The molecule has 0 amide bonds. The van der Waals surface area contributed by atoms with E-state index in [1.807, 2.05) is 6.08 Å². The molecule has 0 aromatic carbocycles. The Morgan fingerprint density at radius 2 is 0.964 bits per heavy atom. The molecule has 0 aliphatic rings. The summed E-state index contributed by atoms with van der Waals surface area (Å²) in [6.07, 6.45) is 43.3. The number of aliphatic hydroxyl groups excluding tert-OH is 2. The second kappa shape index (κ2) is 39.9. The van der Waals surface area contributed by atoms with Crippen LogP contribution in [-0.2, 0) is 32.7 Å². The zero-order valence-corrected chi connectivity index (χ0v) is 35.3. The largest absolute Gasteiger partial charge is 0.472 e. The molecule has 0 heterocycles. The van der Waals surface area contributed by atoms with Gasteiger partial charge in [0.25, 0.3) is 0 Å². The van der Waals surface area contributed by atoms with Gasteiger partial charge in [0.1, 0.15) is 12.7 Å². The first kappa shape index (κ1) is 52.7. The lowest BCUT2D eigenvalue weighted by Crippen LogP contribution is -2.29. The number of unbranched alkanes of at least 4 members (excludes halogenated alkanes) is 15. The summed E-state index contributed by atoms with van der Waals surface area (Å²) in [6.45, 7) is 2.26. The van der Waals surface area contributed by atoms with Crippen LogP contribution >= 0.6 is 7.82 Å². The average molecular weight is 797 g/mol. The van der Waals surface area contributed by atoms with Crippen LogP contribution in [0.25, 0.3) is 0 Å². The highest BCUT2D eigenvalue weighted by molar-refractivity contribution is 7.47. The number of hydrogen-bond donors (Lipinski definition) is 3. The Balaban J connectivity index is 4.44. The van der Waals surface area contributed by atoms with Gasteiger partial charge in [-0.05, 0) is 77.0 Å². The highest BCUT2D eigenvalue weighted by atomic mass is 31.2. The van der Waals surface area contributed by atoms with Crippen LogP contribution in [0.4, 0.5) is 0 Å². The number of phosphoric acid groups is 1. The van der Waals surface area contributed by atoms with Crippen LogP contribution in [0, 0.1) is 0 Å². The highest BCUT2D eigenvalue weighted by Crippen LogP contribution is 2.43. The molecular weight excluding hydrogens is 719 g/mol. The summed E-state index contributed by atoms with van der Waals surface area (Å²) in [5.74, 6) is -1.01. The van der Waals surface area contributed by atoms with Gasteiger partial charge in [-0.3, -0.25) is 18.6 Å². The number of carbonyl (C=O) groups is 2. The van der Waals surface area contributed by atoms with Crippen molar-refractivity contribution in [1.29, 1.82) is 0 Å². The van der Waals surface area contributed by atoms with E-state index in [1.165, 1.54) is 57.8 Å². The number of rotatable bonds is 39. The molecule has 3 unspecified atom stereocenters. The Morgan fingerprint density at radius 3 is 1.51 bits per heavy atom. The summed E-state index contributed by atoms with van der Waals surface area (Å²) in [5.41, 5.74) is 0. The van der Waals surface area contributed by atoms with Crippen LogP contribution in [0.2, 0.25) is 0 Å². The second-order valence-corrected chi connectivity index (χ2v) is 15.5. The number of allylic oxidation sites excluding steroid dienone is 10. The maximum atomic E-state index is 12.6. The summed E-state index contributed by atoms with van der Waals surface area (Å²) < 4.78 is 32.6. The summed E-state index contributed by atoms with van der Waals surface area (Å²) in [5, 5.41) is 18.3. The molecule has 3 N–H and O–H groups in total. The highest BCUT2D eigenvalue weighted by Gasteiger charge is 2.27. The third-order valence-corrected chi connectivity index (χ3v) is 9.60. The van der Waals surface area contributed by atoms with Gasteiger partial charge in [-0.1, -0.05) is 139 Å². The normalized spacial score (nSPS) is 14.5. The first-order chi connectivity index (χ1) is 26.7. The fourth-order valence-corrected chi connectivity index (χ4v) is 6.12. The van der Waals surface area contributed by atoms with Crippen molar-refractivity contribution < 1.29 is 47.8 Å². The molecule has 0 aliphatic heterocycles. The number of hydrogen-bond acceptors (Lipinski definition) is 9. The molecule has 0 aliphatic carbocycles. The molecule has 0 aromatic heterocycles. The van der Waals surface area contributed by atoms with E-state index in [0.717, 1.165) is 64.2 Å². The summed E-state index contributed by atoms with van der Waals surface area (Å²) in [6, 6.07) is 0. The van der Waals surface area contributed by atoms with Gasteiger partial charge in [0.05, 0.1) is 19.8 Å². The predicted molar refractivity (Wildman–Crippen MR) is 224 cm³/mol. The molecule has 3 atom stereocenters. The minimum absolute atomic E-state index is 0.107. The second-order valence-electron chi connectivity index (χ2n) is 14.0. The molecule has 11 heteroatoms. The zero-order valence-electron chi connectivity index (χ0n) is 34.4. The first-order valence-corrected chi connectivity index (χ1v) is 22.7. The number of carbonyl (C=O) groups excluding carboxylic acids is 2. The SMILES string of the molecule is CCCCCC=CCC=CCCCCCCCC(=O)OCC(COP(=O)(O)OCC(O)CO)OC(=O)CCCC=CCC=CCC=CCCCCCCCC. The zero-order chi connectivity index (χ0) is 40.5. The van der Waals surface area contributed by atoms with Crippen molar-refractivity contribution in [1.82, 2.24) is 0 Å². The van der Waals surface area contributed by atoms with Gasteiger partial charge in [0, 0.05) is 12.8 Å². The number of aliphatic hydroxyl groups is 2.